The van der Waals surface area contributed by atoms with E-state index >= 15 is 0 Å². The number of nitrogens with one attached hydrogen (secondary N) is 1. The molecule has 0 amide bonds. The second kappa shape index (κ2) is 3.95. The maximum Gasteiger partial charge on any atom is 0.0872 e. The zero-order valence-electron chi connectivity index (χ0n) is 7.75. The van der Waals surface area contributed by atoms with Crippen molar-refractivity contribution >= 4 is 12.0 Å². The third kappa shape index (κ3) is 1.76. The van der Waals surface area contributed by atoms with Crippen LogP contribution < -0.4 is 11.1 Å². The quantitative estimate of drug-likeness (QED) is 0.591. The summed E-state index contributed by atoms with van der Waals surface area (Å²) in [6, 6.07) is 6.04. The first-order valence-corrected chi connectivity index (χ1v) is 4.47. The lowest BCUT2D eigenvalue weighted by Gasteiger charge is -2.11. The van der Waals surface area contributed by atoms with E-state index in [2.05, 4.69) is 22.2 Å². The van der Waals surface area contributed by atoms with Gasteiger partial charge in [0.1, 0.15) is 0 Å². The minimum atomic E-state index is 0.396. The van der Waals surface area contributed by atoms with Crippen LogP contribution in [-0.4, -0.2) is 12.9 Å². The lowest BCUT2D eigenvalue weighted by atomic mass is 10.1. The molecule has 3 nitrogen and oxygen atoms in total. The topological polar surface area (TPSA) is 50.4 Å². The van der Waals surface area contributed by atoms with Gasteiger partial charge >= 0.3 is 0 Å². The average molecular weight is 185 g/mol. The van der Waals surface area contributed by atoms with E-state index in [-0.39, 0.29) is 0 Å². The van der Waals surface area contributed by atoms with Crippen LogP contribution >= 0.6 is 0 Å². The molecule has 14 heavy (non-hydrogen) atoms. The molecule has 1 aliphatic rings. The Morgan fingerprint density at radius 3 is 3.29 bits per heavy atom. The van der Waals surface area contributed by atoms with Gasteiger partial charge in [-0.25, -0.2) is 0 Å². The summed E-state index contributed by atoms with van der Waals surface area (Å²) in [6.07, 6.45) is 1.72. The summed E-state index contributed by atoms with van der Waals surface area (Å²) >= 11 is 0. The Morgan fingerprint density at radius 2 is 2.43 bits per heavy atom. The lowest BCUT2D eigenvalue weighted by molar-refractivity contribution is 1.06. The maximum absolute atomic E-state index is 5.30. The number of benzene rings is 1. The van der Waals surface area contributed by atoms with E-state index < -0.39 is 0 Å². The number of anilines is 1. The van der Waals surface area contributed by atoms with Crippen LogP contribution in [0.5, 0.6) is 0 Å². The second-order valence-electron chi connectivity index (χ2n) is 2.99. The molecule has 70 valence electrons. The van der Waals surface area contributed by atoms with Gasteiger partial charge in [-0.2, -0.15) is 0 Å². The first-order valence-electron chi connectivity index (χ1n) is 4.47. The van der Waals surface area contributed by atoms with Gasteiger partial charge in [-0.05, 0) is 23.8 Å². The fourth-order valence-corrected chi connectivity index (χ4v) is 1.36. The molecule has 0 fully saturated rings. The first kappa shape index (κ1) is 8.79. The highest BCUT2D eigenvalue weighted by Gasteiger charge is 2.04. The number of aliphatic imine (C=N–C) groups is 1. The Labute approximate surface area is 83.0 Å². The number of hydrogen-bond donors (Lipinski definition) is 2. The molecule has 0 spiro atoms. The van der Waals surface area contributed by atoms with Gasteiger partial charge in [0.15, 0.2) is 0 Å². The highest BCUT2D eigenvalue weighted by Crippen LogP contribution is 2.19. The minimum Gasteiger partial charge on any atom is -0.346 e. The predicted molar refractivity (Wildman–Crippen MR) is 58.2 cm³/mol. The van der Waals surface area contributed by atoms with Crippen LogP contribution in [-0.2, 0) is 6.54 Å². The summed E-state index contributed by atoms with van der Waals surface area (Å²) in [5, 5.41) is 3.08. The zero-order chi connectivity index (χ0) is 9.80. The van der Waals surface area contributed by atoms with E-state index in [4.69, 9.17) is 5.73 Å². The van der Waals surface area contributed by atoms with E-state index in [0.717, 1.165) is 17.8 Å². The zero-order valence-corrected chi connectivity index (χ0v) is 7.75. The Morgan fingerprint density at radius 1 is 1.50 bits per heavy atom. The van der Waals surface area contributed by atoms with E-state index in [1.54, 1.807) is 6.34 Å². The van der Waals surface area contributed by atoms with Crippen molar-refractivity contribution in [3.63, 3.8) is 0 Å². The van der Waals surface area contributed by atoms with Crippen LogP contribution in [0.1, 0.15) is 11.1 Å². The van der Waals surface area contributed by atoms with Crippen LogP contribution in [0.2, 0.25) is 0 Å². The van der Waals surface area contributed by atoms with Gasteiger partial charge in [0.25, 0.3) is 0 Å². The maximum atomic E-state index is 5.30. The standard InChI is InChI=1S/C11H11N3/c12-5-1-2-9-3-4-11-10(6-9)7-13-8-14-11/h3-4,6,8H,5,7,12H2,(H,13,14). The van der Waals surface area contributed by atoms with Gasteiger partial charge in [-0.3, -0.25) is 4.99 Å². The van der Waals surface area contributed by atoms with Gasteiger partial charge in [-0.15, -0.1) is 0 Å². The fourth-order valence-electron chi connectivity index (χ4n) is 1.36. The van der Waals surface area contributed by atoms with Crippen molar-refractivity contribution in [2.24, 2.45) is 10.7 Å². The van der Waals surface area contributed by atoms with Crippen molar-refractivity contribution < 1.29 is 0 Å². The number of nitrogens with two attached hydrogens (primary N) is 1. The van der Waals surface area contributed by atoms with Crippen molar-refractivity contribution in [1.29, 1.82) is 0 Å². The monoisotopic (exact) mass is 185 g/mol. The molecule has 0 atom stereocenters. The highest BCUT2D eigenvalue weighted by molar-refractivity contribution is 5.79. The second-order valence-corrected chi connectivity index (χ2v) is 2.99. The van der Waals surface area contributed by atoms with E-state index in [1.165, 1.54) is 5.56 Å². The minimum absolute atomic E-state index is 0.396. The molecular formula is C11H11N3. The van der Waals surface area contributed by atoms with Crippen molar-refractivity contribution in [1.82, 2.24) is 0 Å². The summed E-state index contributed by atoms with van der Waals surface area (Å²) in [7, 11) is 0. The fraction of sp³-hybridized carbons (Fsp3) is 0.182. The largest absolute Gasteiger partial charge is 0.346 e. The Hall–Kier alpha value is -1.79. The van der Waals surface area contributed by atoms with E-state index in [0.29, 0.717) is 6.54 Å². The highest BCUT2D eigenvalue weighted by atomic mass is 15.0. The Kier molecular flexibility index (Phi) is 2.48. The van der Waals surface area contributed by atoms with Gasteiger partial charge in [0.05, 0.1) is 19.4 Å². The van der Waals surface area contributed by atoms with Crippen LogP contribution in [0.4, 0.5) is 5.69 Å². The van der Waals surface area contributed by atoms with Crippen molar-refractivity contribution in [3.8, 4) is 11.8 Å². The first-order chi connectivity index (χ1) is 6.90. The molecule has 2 rings (SSSR count). The molecule has 0 aliphatic carbocycles. The van der Waals surface area contributed by atoms with Gasteiger partial charge in [-0.1, -0.05) is 11.8 Å². The Balaban J connectivity index is 2.31. The van der Waals surface area contributed by atoms with Crippen molar-refractivity contribution in [2.45, 2.75) is 6.54 Å². The van der Waals surface area contributed by atoms with Gasteiger partial charge in [0.2, 0.25) is 0 Å². The number of hydrogen-bond acceptors (Lipinski definition) is 3. The van der Waals surface area contributed by atoms with Crippen molar-refractivity contribution in [2.75, 3.05) is 11.9 Å². The number of fused-ring (bicyclic) bond motifs is 1. The normalized spacial score (nSPS) is 12.4. The smallest absolute Gasteiger partial charge is 0.0872 e. The molecule has 0 bridgehead atoms. The molecule has 0 unspecified atom stereocenters. The third-order valence-electron chi connectivity index (χ3n) is 2.01. The van der Waals surface area contributed by atoms with E-state index in [1.807, 2.05) is 18.2 Å². The molecule has 0 saturated heterocycles. The van der Waals surface area contributed by atoms with Crippen LogP contribution in [0.25, 0.3) is 0 Å². The third-order valence-corrected chi connectivity index (χ3v) is 2.01. The summed E-state index contributed by atoms with van der Waals surface area (Å²) in [5.41, 5.74) is 8.58. The SMILES string of the molecule is NCC#Cc1ccc2c(c1)CN=CN2. The van der Waals surface area contributed by atoms with Crippen molar-refractivity contribution in [3.05, 3.63) is 29.3 Å². The van der Waals surface area contributed by atoms with Crippen LogP contribution in [0.15, 0.2) is 23.2 Å². The summed E-state index contributed by atoms with van der Waals surface area (Å²) in [5.74, 6) is 5.83. The van der Waals surface area contributed by atoms with Crippen LogP contribution in [0, 0.1) is 11.8 Å². The average Bonchev–Trinajstić information content (AvgIpc) is 2.26. The molecule has 1 aliphatic heterocycles. The lowest BCUT2D eigenvalue weighted by Crippen LogP contribution is -2.04. The molecular weight excluding hydrogens is 174 g/mol. The van der Waals surface area contributed by atoms with Gasteiger partial charge in [0, 0.05) is 11.3 Å². The van der Waals surface area contributed by atoms with Gasteiger partial charge < -0.3 is 11.1 Å². The molecule has 0 radical (unpaired) electrons. The summed E-state index contributed by atoms with van der Waals surface area (Å²) in [4.78, 5) is 4.13. The Bertz CT molecular complexity index is 424. The summed E-state index contributed by atoms with van der Waals surface area (Å²) in [6.45, 7) is 1.12. The molecule has 1 aromatic rings. The molecule has 1 heterocycles. The predicted octanol–water partition coefficient (Wildman–Crippen LogP) is 0.951. The van der Waals surface area contributed by atoms with Crippen LogP contribution in [0.3, 0.4) is 0 Å². The molecule has 0 aromatic heterocycles. The molecule has 3 N–H and O–H groups in total. The summed E-state index contributed by atoms with van der Waals surface area (Å²) < 4.78 is 0. The number of rotatable bonds is 0. The molecule has 0 saturated carbocycles. The molecule has 3 heteroatoms. The van der Waals surface area contributed by atoms with E-state index in [9.17, 15) is 0 Å². The molecule has 1 aromatic carbocycles. The number of nitrogens with zero attached hydrogens (tertiary/aromatic N) is 1.